The molecule has 1 fully saturated rings. The SMILES string of the molecule is NCCCC(=O)N1CCN(Cc2nc3sc4c(c3c(=O)[nH]2)CCCC4)CC1. The molecule has 2 aliphatic rings. The van der Waals surface area contributed by atoms with Gasteiger partial charge in [0.15, 0.2) is 0 Å². The first kappa shape index (κ1) is 18.6. The molecule has 146 valence electrons. The van der Waals surface area contributed by atoms with E-state index < -0.39 is 0 Å². The Labute approximate surface area is 162 Å². The van der Waals surface area contributed by atoms with Crippen LogP contribution in [0.5, 0.6) is 0 Å². The van der Waals surface area contributed by atoms with Crippen LogP contribution in [0.15, 0.2) is 4.79 Å². The van der Waals surface area contributed by atoms with Crippen molar-refractivity contribution in [3.05, 3.63) is 26.6 Å². The Kier molecular flexibility index (Phi) is 5.56. The predicted molar refractivity (Wildman–Crippen MR) is 107 cm³/mol. The number of piperazine rings is 1. The minimum atomic E-state index is 0.00463. The van der Waals surface area contributed by atoms with Crippen molar-refractivity contribution in [3.63, 3.8) is 0 Å². The maximum Gasteiger partial charge on any atom is 0.259 e. The van der Waals surface area contributed by atoms with Gasteiger partial charge in [-0.3, -0.25) is 14.5 Å². The number of hydrogen-bond acceptors (Lipinski definition) is 6. The van der Waals surface area contributed by atoms with Gasteiger partial charge in [0.2, 0.25) is 5.91 Å². The minimum absolute atomic E-state index is 0.00463. The first-order valence-electron chi connectivity index (χ1n) is 9.89. The monoisotopic (exact) mass is 389 g/mol. The van der Waals surface area contributed by atoms with Crippen LogP contribution < -0.4 is 11.3 Å². The molecule has 0 atom stereocenters. The number of aromatic nitrogens is 2. The summed E-state index contributed by atoms with van der Waals surface area (Å²) in [4.78, 5) is 38.9. The number of H-pyrrole nitrogens is 1. The second-order valence-corrected chi connectivity index (χ2v) is 8.54. The fraction of sp³-hybridized carbons (Fsp3) is 0.632. The largest absolute Gasteiger partial charge is 0.340 e. The lowest BCUT2D eigenvalue weighted by atomic mass is 9.97. The van der Waals surface area contributed by atoms with E-state index in [-0.39, 0.29) is 11.5 Å². The Morgan fingerprint density at radius 1 is 1.19 bits per heavy atom. The van der Waals surface area contributed by atoms with Crippen LogP contribution in [-0.2, 0) is 24.2 Å². The summed E-state index contributed by atoms with van der Waals surface area (Å²) in [7, 11) is 0. The van der Waals surface area contributed by atoms with Crippen molar-refractivity contribution in [2.24, 2.45) is 5.73 Å². The molecule has 1 saturated heterocycles. The summed E-state index contributed by atoms with van der Waals surface area (Å²) in [6, 6.07) is 0. The van der Waals surface area contributed by atoms with Gasteiger partial charge in [-0.1, -0.05) is 0 Å². The second-order valence-electron chi connectivity index (χ2n) is 7.45. The number of amides is 1. The van der Waals surface area contributed by atoms with Crippen LogP contribution in [0.2, 0.25) is 0 Å². The Morgan fingerprint density at radius 3 is 2.74 bits per heavy atom. The van der Waals surface area contributed by atoms with Crippen molar-refractivity contribution in [2.75, 3.05) is 32.7 Å². The molecule has 0 aromatic carbocycles. The van der Waals surface area contributed by atoms with Gasteiger partial charge in [-0.25, -0.2) is 4.98 Å². The van der Waals surface area contributed by atoms with Crippen molar-refractivity contribution < 1.29 is 4.79 Å². The summed E-state index contributed by atoms with van der Waals surface area (Å²) in [5, 5.41) is 0.814. The van der Waals surface area contributed by atoms with Crippen LogP contribution >= 0.6 is 11.3 Å². The summed E-state index contributed by atoms with van der Waals surface area (Å²) < 4.78 is 0. The molecule has 8 heteroatoms. The summed E-state index contributed by atoms with van der Waals surface area (Å²) in [5.74, 6) is 0.922. The van der Waals surface area contributed by atoms with Crippen LogP contribution in [0, 0.1) is 0 Å². The highest BCUT2D eigenvalue weighted by molar-refractivity contribution is 7.18. The molecular weight excluding hydrogens is 362 g/mol. The number of fused-ring (bicyclic) bond motifs is 3. The molecular formula is C19H27N5O2S. The third-order valence-corrected chi connectivity index (χ3v) is 6.75. The van der Waals surface area contributed by atoms with Crippen LogP contribution in [0.1, 0.15) is 41.9 Å². The molecule has 0 spiro atoms. The van der Waals surface area contributed by atoms with Gasteiger partial charge < -0.3 is 15.6 Å². The highest BCUT2D eigenvalue weighted by Gasteiger charge is 2.23. The molecule has 0 radical (unpaired) electrons. The Morgan fingerprint density at radius 2 is 1.96 bits per heavy atom. The van der Waals surface area contributed by atoms with Gasteiger partial charge in [-0.15, -0.1) is 11.3 Å². The Bertz CT molecular complexity index is 882. The van der Waals surface area contributed by atoms with Crippen molar-refractivity contribution in [1.29, 1.82) is 0 Å². The highest BCUT2D eigenvalue weighted by Crippen LogP contribution is 2.33. The number of carbonyl (C=O) groups is 1. The van der Waals surface area contributed by atoms with Crippen LogP contribution in [0.25, 0.3) is 10.2 Å². The number of thiophene rings is 1. The first-order valence-corrected chi connectivity index (χ1v) is 10.7. The molecule has 2 aromatic rings. The van der Waals surface area contributed by atoms with Gasteiger partial charge in [0.25, 0.3) is 5.56 Å². The fourth-order valence-corrected chi connectivity index (χ4v) is 5.34. The van der Waals surface area contributed by atoms with E-state index in [1.807, 2.05) is 4.90 Å². The van der Waals surface area contributed by atoms with Crippen molar-refractivity contribution in [2.45, 2.75) is 45.1 Å². The van der Waals surface area contributed by atoms with E-state index in [2.05, 4.69) is 9.88 Å². The lowest BCUT2D eigenvalue weighted by Gasteiger charge is -2.34. The lowest BCUT2D eigenvalue weighted by Crippen LogP contribution is -2.48. The zero-order valence-corrected chi connectivity index (χ0v) is 16.4. The number of aromatic amines is 1. The minimum Gasteiger partial charge on any atom is -0.340 e. The Hall–Kier alpha value is -1.77. The van der Waals surface area contributed by atoms with Crippen molar-refractivity contribution >= 4 is 27.5 Å². The van der Waals surface area contributed by atoms with E-state index in [4.69, 9.17) is 10.7 Å². The number of nitrogens with one attached hydrogen (secondary N) is 1. The van der Waals surface area contributed by atoms with E-state index in [1.165, 1.54) is 16.9 Å². The standard InChI is InChI=1S/C19H27N5O2S/c20-7-3-6-16(25)24-10-8-23(9-11-24)12-15-21-18(26)17-13-4-1-2-5-14(13)27-19(17)22-15/h1-12,20H2,(H,21,22,26). The smallest absolute Gasteiger partial charge is 0.259 e. The molecule has 27 heavy (non-hydrogen) atoms. The molecule has 0 saturated carbocycles. The number of nitrogens with two attached hydrogens (primary N) is 1. The molecule has 3 heterocycles. The third-order valence-electron chi connectivity index (χ3n) is 5.57. The zero-order valence-electron chi connectivity index (χ0n) is 15.6. The molecule has 7 nitrogen and oxygen atoms in total. The molecule has 3 N–H and O–H groups in total. The first-order chi connectivity index (χ1) is 13.2. The Balaban J connectivity index is 1.42. The van der Waals surface area contributed by atoms with Gasteiger partial charge in [0.05, 0.1) is 11.9 Å². The van der Waals surface area contributed by atoms with Gasteiger partial charge in [-0.05, 0) is 44.2 Å². The van der Waals surface area contributed by atoms with Crippen molar-refractivity contribution in [3.8, 4) is 0 Å². The van der Waals surface area contributed by atoms with Crippen LogP contribution in [0.4, 0.5) is 0 Å². The zero-order chi connectivity index (χ0) is 18.8. The summed E-state index contributed by atoms with van der Waals surface area (Å²) in [5.41, 5.74) is 6.72. The number of rotatable bonds is 5. The van der Waals surface area contributed by atoms with E-state index in [0.29, 0.717) is 19.5 Å². The highest BCUT2D eigenvalue weighted by atomic mass is 32.1. The van der Waals surface area contributed by atoms with E-state index in [9.17, 15) is 9.59 Å². The molecule has 2 aromatic heterocycles. The van der Waals surface area contributed by atoms with Crippen LogP contribution in [-0.4, -0.2) is 58.4 Å². The van der Waals surface area contributed by atoms with Gasteiger partial charge in [0.1, 0.15) is 10.7 Å². The van der Waals surface area contributed by atoms with Gasteiger partial charge >= 0.3 is 0 Å². The van der Waals surface area contributed by atoms with Crippen molar-refractivity contribution in [1.82, 2.24) is 19.8 Å². The number of hydrogen-bond donors (Lipinski definition) is 2. The number of nitrogens with zero attached hydrogens (tertiary/aromatic N) is 3. The van der Waals surface area contributed by atoms with Gasteiger partial charge in [0, 0.05) is 37.5 Å². The summed E-state index contributed by atoms with van der Waals surface area (Å²) in [6.07, 6.45) is 5.72. The average Bonchev–Trinajstić information content (AvgIpc) is 3.05. The topological polar surface area (TPSA) is 95.3 Å². The van der Waals surface area contributed by atoms with Crippen LogP contribution in [0.3, 0.4) is 0 Å². The number of carbonyl (C=O) groups excluding carboxylic acids is 1. The molecule has 1 aliphatic carbocycles. The van der Waals surface area contributed by atoms with E-state index in [1.54, 1.807) is 11.3 Å². The molecule has 4 rings (SSSR count). The maximum atomic E-state index is 12.6. The van der Waals surface area contributed by atoms with E-state index >= 15 is 0 Å². The third kappa shape index (κ3) is 3.93. The summed E-state index contributed by atoms with van der Waals surface area (Å²) in [6.45, 7) is 4.23. The molecule has 1 aliphatic heterocycles. The normalized spacial score (nSPS) is 18.0. The molecule has 0 unspecified atom stereocenters. The lowest BCUT2D eigenvalue weighted by molar-refractivity contribution is -0.133. The second kappa shape index (κ2) is 8.08. The average molecular weight is 390 g/mol. The quantitative estimate of drug-likeness (QED) is 0.802. The predicted octanol–water partition coefficient (Wildman–Crippen LogP) is 1.25. The molecule has 1 amide bonds. The number of aryl methyl sites for hydroxylation is 2. The van der Waals surface area contributed by atoms with Gasteiger partial charge in [-0.2, -0.15) is 0 Å². The maximum absolute atomic E-state index is 12.6. The summed E-state index contributed by atoms with van der Waals surface area (Å²) >= 11 is 1.69. The van der Waals surface area contributed by atoms with E-state index in [0.717, 1.165) is 67.9 Å². The fourth-order valence-electron chi connectivity index (χ4n) is 4.06. The molecule has 0 bridgehead atoms.